The van der Waals surface area contributed by atoms with Crippen molar-refractivity contribution in [1.29, 1.82) is 0 Å². The minimum atomic E-state index is 0.0955. The third-order valence-electron chi connectivity index (χ3n) is 3.75. The predicted molar refractivity (Wildman–Crippen MR) is 95.6 cm³/mol. The van der Waals surface area contributed by atoms with Gasteiger partial charge in [-0.15, -0.1) is 0 Å². The van der Waals surface area contributed by atoms with Crippen LogP contribution >= 0.6 is 0 Å². The van der Waals surface area contributed by atoms with Gasteiger partial charge < -0.3 is 15.4 Å². The van der Waals surface area contributed by atoms with Crippen LogP contribution in [0.1, 0.15) is 17.0 Å². The molecule has 0 aliphatic rings. The maximum absolute atomic E-state index is 9.25. The molecule has 3 N–H and O–H groups in total. The normalized spacial score (nSPS) is 11.0. The summed E-state index contributed by atoms with van der Waals surface area (Å²) >= 11 is 0. The van der Waals surface area contributed by atoms with Crippen LogP contribution in [0.5, 0.6) is 0 Å². The summed E-state index contributed by atoms with van der Waals surface area (Å²) in [6, 6.07) is 10.1. The Labute approximate surface area is 146 Å². The van der Waals surface area contributed by atoms with E-state index in [-0.39, 0.29) is 6.61 Å². The lowest BCUT2D eigenvalue weighted by atomic mass is 10.2. The smallest absolute Gasteiger partial charge is 0.222 e. The van der Waals surface area contributed by atoms with E-state index in [0.717, 1.165) is 11.4 Å². The van der Waals surface area contributed by atoms with E-state index in [1.165, 1.54) is 5.56 Å². The molecule has 25 heavy (non-hydrogen) atoms. The molecular weight excluding hydrogens is 316 g/mol. The Morgan fingerprint density at radius 3 is 2.48 bits per heavy atom. The largest absolute Gasteiger partial charge is 0.395 e. The number of aromatic nitrogens is 4. The van der Waals surface area contributed by atoms with Crippen molar-refractivity contribution >= 4 is 5.95 Å². The molecular formula is C18H22N6O. The molecule has 0 bridgehead atoms. The van der Waals surface area contributed by atoms with Crippen molar-refractivity contribution in [2.45, 2.75) is 19.6 Å². The number of nitrogens with zero attached hydrogens (tertiary/aromatic N) is 4. The zero-order chi connectivity index (χ0) is 17.3. The van der Waals surface area contributed by atoms with Crippen LogP contribution in [0.15, 0.2) is 55.1 Å². The molecule has 0 fully saturated rings. The highest BCUT2D eigenvalue weighted by molar-refractivity contribution is 5.27. The van der Waals surface area contributed by atoms with E-state index in [9.17, 15) is 5.11 Å². The van der Waals surface area contributed by atoms with E-state index in [0.29, 0.717) is 32.1 Å². The Bertz CT molecular complexity index is 730. The van der Waals surface area contributed by atoms with Gasteiger partial charge in [0.05, 0.1) is 13.2 Å². The summed E-state index contributed by atoms with van der Waals surface area (Å²) in [5, 5.41) is 12.5. The molecule has 0 aliphatic carbocycles. The fourth-order valence-corrected chi connectivity index (χ4v) is 2.51. The monoisotopic (exact) mass is 338 g/mol. The average molecular weight is 338 g/mol. The van der Waals surface area contributed by atoms with Crippen molar-refractivity contribution in [3.8, 4) is 0 Å². The van der Waals surface area contributed by atoms with Gasteiger partial charge >= 0.3 is 0 Å². The number of nitrogens with one attached hydrogen (secondary N) is 2. The summed E-state index contributed by atoms with van der Waals surface area (Å²) < 4.78 is 0. The predicted octanol–water partition coefficient (Wildman–Crippen LogP) is 1.81. The fourth-order valence-electron chi connectivity index (χ4n) is 2.51. The van der Waals surface area contributed by atoms with Gasteiger partial charge in [0, 0.05) is 50.0 Å². The fraction of sp³-hybridized carbons (Fsp3) is 0.278. The van der Waals surface area contributed by atoms with E-state index in [2.05, 4.69) is 42.3 Å². The molecule has 3 aromatic rings. The highest BCUT2D eigenvalue weighted by Gasteiger charge is 2.09. The summed E-state index contributed by atoms with van der Waals surface area (Å²) in [6.45, 7) is 2.64. The number of H-pyrrole nitrogens is 1. The second kappa shape index (κ2) is 8.91. The Morgan fingerprint density at radius 2 is 1.80 bits per heavy atom. The quantitative estimate of drug-likeness (QED) is 0.551. The van der Waals surface area contributed by atoms with Gasteiger partial charge in [-0.3, -0.25) is 4.90 Å². The summed E-state index contributed by atoms with van der Waals surface area (Å²) in [7, 11) is 0. The number of aromatic amines is 1. The lowest BCUT2D eigenvalue weighted by Crippen LogP contribution is -2.26. The molecule has 7 nitrogen and oxygen atoms in total. The van der Waals surface area contributed by atoms with Crippen molar-refractivity contribution in [3.05, 3.63) is 72.1 Å². The average Bonchev–Trinajstić information content (AvgIpc) is 3.15. The zero-order valence-corrected chi connectivity index (χ0v) is 14.0. The van der Waals surface area contributed by atoms with Gasteiger partial charge in [-0.2, -0.15) is 0 Å². The molecule has 0 atom stereocenters. The van der Waals surface area contributed by atoms with Crippen LogP contribution in [0.4, 0.5) is 5.95 Å². The van der Waals surface area contributed by atoms with Crippen LogP contribution in [-0.2, 0) is 19.6 Å². The Hall–Kier alpha value is -2.77. The first-order chi connectivity index (χ1) is 12.3. The number of imidazole rings is 1. The first-order valence-corrected chi connectivity index (χ1v) is 8.23. The summed E-state index contributed by atoms with van der Waals surface area (Å²) in [4.78, 5) is 18.1. The third kappa shape index (κ3) is 5.37. The number of benzene rings is 1. The van der Waals surface area contributed by atoms with Crippen molar-refractivity contribution in [2.75, 3.05) is 18.5 Å². The molecule has 2 heterocycles. The van der Waals surface area contributed by atoms with Crippen molar-refractivity contribution in [2.24, 2.45) is 0 Å². The summed E-state index contributed by atoms with van der Waals surface area (Å²) in [6.07, 6.45) is 7.14. The second-order valence-corrected chi connectivity index (χ2v) is 5.72. The number of anilines is 1. The second-order valence-electron chi connectivity index (χ2n) is 5.72. The van der Waals surface area contributed by atoms with Gasteiger partial charge in [-0.05, 0) is 5.56 Å². The minimum absolute atomic E-state index is 0.0955. The Kier molecular flexibility index (Phi) is 6.08. The lowest BCUT2D eigenvalue weighted by Gasteiger charge is -2.19. The molecule has 2 aromatic heterocycles. The van der Waals surface area contributed by atoms with Gasteiger partial charge in [-0.1, -0.05) is 30.3 Å². The molecule has 0 saturated carbocycles. The van der Waals surface area contributed by atoms with E-state index >= 15 is 0 Å². The van der Waals surface area contributed by atoms with Gasteiger partial charge in [-0.25, -0.2) is 15.0 Å². The minimum Gasteiger partial charge on any atom is -0.395 e. The van der Waals surface area contributed by atoms with Gasteiger partial charge in [0.15, 0.2) is 0 Å². The molecule has 1 aromatic carbocycles. The molecule has 130 valence electrons. The van der Waals surface area contributed by atoms with E-state index in [1.54, 1.807) is 12.4 Å². The van der Waals surface area contributed by atoms with E-state index < -0.39 is 0 Å². The Balaban J connectivity index is 1.55. The summed E-state index contributed by atoms with van der Waals surface area (Å²) in [5.41, 5.74) is 2.17. The zero-order valence-electron chi connectivity index (χ0n) is 14.0. The van der Waals surface area contributed by atoms with Crippen LogP contribution in [0.25, 0.3) is 0 Å². The SMILES string of the molecule is OCCN(Cc1cnc(NCc2ccccc2)nc1)Cc1ncc[nH]1. The molecule has 0 saturated heterocycles. The highest BCUT2D eigenvalue weighted by Crippen LogP contribution is 2.08. The lowest BCUT2D eigenvalue weighted by molar-refractivity contribution is 0.181. The van der Waals surface area contributed by atoms with Crippen LogP contribution in [0.3, 0.4) is 0 Å². The first-order valence-electron chi connectivity index (χ1n) is 8.23. The summed E-state index contributed by atoms with van der Waals surface area (Å²) in [5.74, 6) is 1.47. The standard InChI is InChI=1S/C18H22N6O/c25-9-8-24(14-17-19-6-7-20-17)13-16-11-22-18(23-12-16)21-10-15-4-2-1-3-5-15/h1-7,11-12,25H,8-10,13-14H2,(H,19,20)(H,21,22,23). The molecule has 7 heteroatoms. The molecule has 0 amide bonds. The van der Waals surface area contributed by atoms with Gasteiger partial charge in [0.2, 0.25) is 5.95 Å². The maximum Gasteiger partial charge on any atom is 0.222 e. The van der Waals surface area contributed by atoms with Crippen LogP contribution < -0.4 is 5.32 Å². The van der Waals surface area contributed by atoms with Crippen LogP contribution in [0.2, 0.25) is 0 Å². The maximum atomic E-state index is 9.25. The number of hydrogen-bond donors (Lipinski definition) is 3. The number of rotatable bonds is 9. The molecule has 3 rings (SSSR count). The molecule has 0 unspecified atom stereocenters. The van der Waals surface area contributed by atoms with Gasteiger partial charge in [0.25, 0.3) is 0 Å². The molecule has 0 spiro atoms. The number of aliphatic hydroxyl groups is 1. The van der Waals surface area contributed by atoms with Crippen molar-refractivity contribution in [3.63, 3.8) is 0 Å². The van der Waals surface area contributed by atoms with Crippen molar-refractivity contribution < 1.29 is 5.11 Å². The highest BCUT2D eigenvalue weighted by atomic mass is 16.3. The topological polar surface area (TPSA) is 90.0 Å². The van der Waals surface area contributed by atoms with Crippen LogP contribution in [0, 0.1) is 0 Å². The van der Waals surface area contributed by atoms with E-state index in [4.69, 9.17) is 0 Å². The molecule has 0 aliphatic heterocycles. The first kappa shape index (κ1) is 17.1. The molecule has 0 radical (unpaired) electrons. The third-order valence-corrected chi connectivity index (χ3v) is 3.75. The van der Waals surface area contributed by atoms with E-state index in [1.807, 2.05) is 30.6 Å². The van der Waals surface area contributed by atoms with Crippen molar-refractivity contribution in [1.82, 2.24) is 24.8 Å². The Morgan fingerprint density at radius 1 is 1.00 bits per heavy atom. The van der Waals surface area contributed by atoms with Crippen LogP contribution in [-0.4, -0.2) is 43.1 Å². The number of hydrogen-bond acceptors (Lipinski definition) is 6. The van der Waals surface area contributed by atoms with Gasteiger partial charge in [0.1, 0.15) is 5.82 Å². The number of aliphatic hydroxyl groups excluding tert-OH is 1.